The number of hydrogen-bond donors (Lipinski definition) is 2. The average Bonchev–Trinajstić information content (AvgIpc) is 2.83. The molecule has 108 valence electrons. The van der Waals surface area contributed by atoms with E-state index in [1.807, 2.05) is 12.3 Å². The lowest BCUT2D eigenvalue weighted by atomic mass is 9.97. The summed E-state index contributed by atoms with van der Waals surface area (Å²) in [5, 5.41) is 9.49. The van der Waals surface area contributed by atoms with E-state index in [1.54, 1.807) is 11.3 Å². The Kier molecular flexibility index (Phi) is 6.75. The van der Waals surface area contributed by atoms with Gasteiger partial charge in [-0.2, -0.15) is 0 Å². The fraction of sp³-hybridized carbons (Fsp3) is 0.692. The molecule has 1 aromatic heterocycles. The van der Waals surface area contributed by atoms with Crippen molar-refractivity contribution in [3.05, 3.63) is 16.1 Å². The van der Waals surface area contributed by atoms with Crippen molar-refractivity contribution < 1.29 is 4.79 Å². The van der Waals surface area contributed by atoms with Crippen LogP contribution >= 0.6 is 23.7 Å². The largest absolute Gasteiger partial charge is 0.347 e. The molecule has 0 saturated carbocycles. The van der Waals surface area contributed by atoms with Gasteiger partial charge in [-0.3, -0.25) is 4.79 Å². The Bertz CT molecular complexity index is 404. The van der Waals surface area contributed by atoms with Gasteiger partial charge in [-0.25, -0.2) is 4.98 Å². The molecule has 1 aliphatic rings. The van der Waals surface area contributed by atoms with Crippen molar-refractivity contribution in [3.63, 3.8) is 0 Å². The number of thiazole rings is 1. The van der Waals surface area contributed by atoms with Crippen molar-refractivity contribution in [2.45, 2.75) is 39.2 Å². The van der Waals surface area contributed by atoms with Gasteiger partial charge < -0.3 is 10.6 Å². The molecule has 0 aromatic carbocycles. The number of piperidine rings is 1. The molecule has 2 rings (SSSR count). The predicted octanol–water partition coefficient (Wildman–Crippen LogP) is 2.44. The van der Waals surface area contributed by atoms with Gasteiger partial charge in [0, 0.05) is 17.0 Å². The molecule has 0 bridgehead atoms. The van der Waals surface area contributed by atoms with Crippen LogP contribution in [0.25, 0.3) is 0 Å². The molecule has 1 unspecified atom stereocenters. The molecule has 0 radical (unpaired) electrons. The van der Waals surface area contributed by atoms with Gasteiger partial charge in [0.15, 0.2) is 0 Å². The number of aromatic nitrogens is 1. The summed E-state index contributed by atoms with van der Waals surface area (Å²) in [6.45, 7) is 5.97. The van der Waals surface area contributed by atoms with E-state index >= 15 is 0 Å². The maximum Gasteiger partial charge on any atom is 0.223 e. The van der Waals surface area contributed by atoms with Crippen molar-refractivity contribution in [1.82, 2.24) is 15.6 Å². The van der Waals surface area contributed by atoms with Gasteiger partial charge in [0.05, 0.1) is 6.04 Å². The molecule has 4 nitrogen and oxygen atoms in total. The minimum atomic E-state index is 0. The fourth-order valence-corrected chi connectivity index (χ4v) is 3.17. The highest BCUT2D eigenvalue weighted by Gasteiger charge is 2.24. The zero-order valence-corrected chi connectivity index (χ0v) is 13.1. The van der Waals surface area contributed by atoms with Gasteiger partial charge in [0.25, 0.3) is 0 Å². The molecule has 1 fully saturated rings. The Balaban J connectivity index is 0.00000180. The number of rotatable bonds is 4. The monoisotopic (exact) mass is 303 g/mol. The molecule has 1 saturated heterocycles. The summed E-state index contributed by atoms with van der Waals surface area (Å²) in [6, 6.07) is 0.0751. The van der Waals surface area contributed by atoms with E-state index < -0.39 is 0 Å². The lowest BCUT2D eigenvalue weighted by Gasteiger charge is -2.24. The topological polar surface area (TPSA) is 54.0 Å². The highest BCUT2D eigenvalue weighted by Crippen LogP contribution is 2.22. The van der Waals surface area contributed by atoms with E-state index in [-0.39, 0.29) is 30.3 Å². The highest BCUT2D eigenvalue weighted by molar-refractivity contribution is 7.09. The normalized spacial score (nSPS) is 17.6. The van der Waals surface area contributed by atoms with Crippen LogP contribution in [0.4, 0.5) is 0 Å². The van der Waals surface area contributed by atoms with Crippen LogP contribution in [0.2, 0.25) is 0 Å². The Labute approximate surface area is 124 Å². The minimum absolute atomic E-state index is 0. The predicted molar refractivity (Wildman–Crippen MR) is 80.9 cm³/mol. The van der Waals surface area contributed by atoms with Crippen molar-refractivity contribution >= 4 is 29.7 Å². The van der Waals surface area contributed by atoms with Crippen LogP contribution in [0.15, 0.2) is 5.38 Å². The van der Waals surface area contributed by atoms with E-state index in [0.717, 1.165) is 43.1 Å². The van der Waals surface area contributed by atoms with Gasteiger partial charge in [0.1, 0.15) is 5.01 Å². The van der Waals surface area contributed by atoms with E-state index in [1.165, 1.54) is 0 Å². The molecule has 0 spiro atoms. The summed E-state index contributed by atoms with van der Waals surface area (Å²) in [6.07, 6.45) is 2.78. The number of hydrogen-bond acceptors (Lipinski definition) is 4. The Hall–Kier alpha value is -0.650. The summed E-state index contributed by atoms with van der Waals surface area (Å²) in [5.41, 5.74) is 1.03. The third-order valence-corrected chi connectivity index (χ3v) is 4.45. The molecule has 19 heavy (non-hydrogen) atoms. The van der Waals surface area contributed by atoms with E-state index in [4.69, 9.17) is 0 Å². The molecule has 1 amide bonds. The SMILES string of the molecule is CCC(NC(=O)C1CCNCC1)c1nc(C)cs1.Cl. The van der Waals surface area contributed by atoms with Gasteiger partial charge in [-0.15, -0.1) is 23.7 Å². The number of carbonyl (C=O) groups is 1. The second-order valence-electron chi connectivity index (χ2n) is 4.82. The van der Waals surface area contributed by atoms with Crippen molar-refractivity contribution in [2.24, 2.45) is 5.92 Å². The molecule has 1 aliphatic heterocycles. The van der Waals surface area contributed by atoms with Crippen LogP contribution in [-0.2, 0) is 4.79 Å². The summed E-state index contributed by atoms with van der Waals surface area (Å²) in [7, 11) is 0. The van der Waals surface area contributed by atoms with E-state index in [2.05, 4.69) is 22.5 Å². The summed E-state index contributed by atoms with van der Waals surface area (Å²) in [5.74, 6) is 0.359. The molecular formula is C13H22ClN3OS. The Morgan fingerprint density at radius 2 is 2.26 bits per heavy atom. The van der Waals surface area contributed by atoms with Crippen LogP contribution < -0.4 is 10.6 Å². The third kappa shape index (κ3) is 4.44. The van der Waals surface area contributed by atoms with Crippen LogP contribution in [-0.4, -0.2) is 24.0 Å². The lowest BCUT2D eigenvalue weighted by Crippen LogP contribution is -2.39. The average molecular weight is 304 g/mol. The first-order chi connectivity index (χ1) is 8.70. The molecule has 2 heterocycles. The van der Waals surface area contributed by atoms with Gasteiger partial charge in [-0.1, -0.05) is 6.92 Å². The van der Waals surface area contributed by atoms with E-state index in [0.29, 0.717) is 0 Å². The van der Waals surface area contributed by atoms with E-state index in [9.17, 15) is 4.79 Å². The van der Waals surface area contributed by atoms with Gasteiger partial charge in [-0.05, 0) is 39.3 Å². The van der Waals surface area contributed by atoms with Crippen LogP contribution in [0, 0.1) is 12.8 Å². The van der Waals surface area contributed by atoms with Crippen molar-refractivity contribution in [2.75, 3.05) is 13.1 Å². The van der Waals surface area contributed by atoms with Gasteiger partial charge >= 0.3 is 0 Å². The van der Waals surface area contributed by atoms with Crippen LogP contribution in [0.3, 0.4) is 0 Å². The smallest absolute Gasteiger partial charge is 0.223 e. The second kappa shape index (κ2) is 7.82. The maximum atomic E-state index is 12.2. The number of amides is 1. The lowest BCUT2D eigenvalue weighted by molar-refractivity contribution is -0.126. The van der Waals surface area contributed by atoms with Crippen molar-refractivity contribution in [3.8, 4) is 0 Å². The molecule has 0 aliphatic carbocycles. The molecule has 6 heteroatoms. The number of aryl methyl sites for hydroxylation is 1. The van der Waals surface area contributed by atoms with Crippen LogP contribution in [0.1, 0.15) is 42.9 Å². The summed E-state index contributed by atoms with van der Waals surface area (Å²) < 4.78 is 0. The molecule has 1 aromatic rings. The molecule has 2 N–H and O–H groups in total. The Morgan fingerprint density at radius 3 is 2.79 bits per heavy atom. The first-order valence-electron chi connectivity index (χ1n) is 6.63. The zero-order chi connectivity index (χ0) is 13.0. The number of carbonyl (C=O) groups excluding carboxylic acids is 1. The number of halogens is 1. The van der Waals surface area contributed by atoms with Crippen molar-refractivity contribution in [1.29, 1.82) is 0 Å². The number of nitrogens with one attached hydrogen (secondary N) is 2. The summed E-state index contributed by atoms with van der Waals surface area (Å²) in [4.78, 5) is 16.7. The quantitative estimate of drug-likeness (QED) is 0.898. The van der Waals surface area contributed by atoms with Crippen LogP contribution in [0.5, 0.6) is 0 Å². The Morgan fingerprint density at radius 1 is 1.58 bits per heavy atom. The third-order valence-electron chi connectivity index (χ3n) is 3.37. The second-order valence-corrected chi connectivity index (χ2v) is 5.71. The first-order valence-corrected chi connectivity index (χ1v) is 7.51. The summed E-state index contributed by atoms with van der Waals surface area (Å²) >= 11 is 1.63. The minimum Gasteiger partial charge on any atom is -0.347 e. The molecular weight excluding hydrogens is 282 g/mol. The molecule has 1 atom stereocenters. The zero-order valence-electron chi connectivity index (χ0n) is 11.4. The fourth-order valence-electron chi connectivity index (χ4n) is 2.24. The van der Waals surface area contributed by atoms with Gasteiger partial charge in [0.2, 0.25) is 5.91 Å². The maximum absolute atomic E-state index is 12.2. The first kappa shape index (κ1) is 16.4. The standard InChI is InChI=1S/C13H21N3OS.ClH/c1-3-11(13-15-9(2)8-18-13)16-12(17)10-4-6-14-7-5-10;/h8,10-11,14H,3-7H2,1-2H3,(H,16,17);1H. The number of nitrogens with zero attached hydrogens (tertiary/aromatic N) is 1. The highest BCUT2D eigenvalue weighted by atomic mass is 35.5.